The number of rotatable bonds is 84. The molecule has 0 aromatic heterocycles. The first-order valence-electron chi connectivity index (χ1n) is 44.5. The van der Waals surface area contributed by atoms with Crippen molar-refractivity contribution in [3.63, 3.8) is 0 Å². The van der Waals surface area contributed by atoms with Crippen LogP contribution in [0.5, 0.6) is 0 Å². The molecule has 0 radical (unpaired) electrons. The molecule has 18 heteroatoms. The van der Waals surface area contributed by atoms with Gasteiger partial charge in [-0.3, -0.25) is 32.5 Å². The van der Waals surface area contributed by atoms with E-state index in [1.54, 1.807) is 0 Å². The number of allylic oxidation sites excluding steroid dienone is 22. The molecular weight excluding hydrogens is 1430 g/mol. The van der Waals surface area contributed by atoms with Crippen LogP contribution in [0, 0.1) is 0 Å². The molecule has 111 heavy (non-hydrogen) atoms. The molecule has 0 saturated heterocycles. The second kappa shape index (κ2) is 85.1. The van der Waals surface area contributed by atoms with Crippen LogP contribution in [0.4, 0.5) is 0 Å². The van der Waals surface area contributed by atoms with Crippen molar-refractivity contribution in [3.05, 3.63) is 134 Å². The zero-order valence-corrected chi connectivity index (χ0v) is 72.1. The Bertz CT molecular complexity index is 2550. The number of esters is 3. The number of hydrogen-bond acceptors (Lipinski definition) is 14. The number of aliphatic hydroxyl groups is 2. The first kappa shape index (κ1) is 107. The summed E-state index contributed by atoms with van der Waals surface area (Å²) in [7, 11) is -9.81. The lowest BCUT2D eigenvalue weighted by Crippen LogP contribution is -2.30. The molecule has 640 valence electrons. The number of unbranched alkanes of at least 4 members (excludes halogenated alkanes) is 39. The van der Waals surface area contributed by atoms with E-state index in [1.807, 2.05) is 0 Å². The summed E-state index contributed by atoms with van der Waals surface area (Å²) >= 11 is 0. The number of hydrogen-bond donors (Lipinski definition) is 4. The van der Waals surface area contributed by atoms with Crippen molar-refractivity contribution in [2.24, 2.45) is 0 Å². The minimum absolute atomic E-state index is 0.0852. The van der Waals surface area contributed by atoms with Crippen molar-refractivity contribution in [2.45, 2.75) is 399 Å². The number of carbonyl (C=O) groups excluding carboxylic acids is 3. The molecule has 0 fully saturated rings. The Morgan fingerprint density at radius 3 is 0.712 bits per heavy atom. The molecule has 0 rings (SSSR count). The van der Waals surface area contributed by atoms with Crippen molar-refractivity contribution in [1.82, 2.24) is 0 Å². The Labute approximate surface area is 677 Å². The Balaban J connectivity index is 4.53. The largest absolute Gasteiger partial charge is 0.472 e. The lowest BCUT2D eigenvalue weighted by molar-refractivity contribution is -0.161. The average Bonchev–Trinajstić information content (AvgIpc) is 0.900. The van der Waals surface area contributed by atoms with Crippen LogP contribution in [0.3, 0.4) is 0 Å². The SMILES string of the molecule is CCCCC/C=C\C/C=C\C/C=C\C/C=C\CCCCCCCCCCCCCCCCCCCC(=O)OCC(O)COP(=O)(O)OCC(O)COP(=O)(O)OCC(COC(=O)CCCCCCCCC/C=C\C/C=C\C/C=C\C/C=C\CCCCC)OC(=O)CCCCCCCC/C=C\C/C=C\C/C=C\CCCCC. The maximum Gasteiger partial charge on any atom is 0.472 e. The fraction of sp³-hybridized carbons (Fsp3) is 0.731. The van der Waals surface area contributed by atoms with Crippen molar-refractivity contribution in [2.75, 3.05) is 39.6 Å². The molecule has 0 aromatic carbocycles. The van der Waals surface area contributed by atoms with Crippen molar-refractivity contribution in [1.29, 1.82) is 0 Å². The summed E-state index contributed by atoms with van der Waals surface area (Å²) in [4.78, 5) is 58.9. The Morgan fingerprint density at radius 1 is 0.252 bits per heavy atom. The van der Waals surface area contributed by atoms with E-state index in [0.717, 1.165) is 161 Å². The Morgan fingerprint density at radius 2 is 0.450 bits per heavy atom. The summed E-state index contributed by atoms with van der Waals surface area (Å²) in [5.74, 6) is -1.59. The molecule has 0 heterocycles. The van der Waals surface area contributed by atoms with Gasteiger partial charge < -0.3 is 34.2 Å². The summed E-state index contributed by atoms with van der Waals surface area (Å²) in [6.07, 6.45) is 105. The fourth-order valence-electron chi connectivity index (χ4n) is 12.0. The van der Waals surface area contributed by atoms with E-state index in [1.165, 1.54) is 161 Å². The van der Waals surface area contributed by atoms with Crippen molar-refractivity contribution in [3.8, 4) is 0 Å². The predicted molar refractivity (Wildman–Crippen MR) is 463 cm³/mol. The number of carbonyl (C=O) groups is 3. The average molecular weight is 1600 g/mol. The van der Waals surface area contributed by atoms with E-state index in [2.05, 4.69) is 154 Å². The second-order valence-corrected chi connectivity index (χ2v) is 32.6. The van der Waals surface area contributed by atoms with Gasteiger partial charge in [0.2, 0.25) is 0 Å². The molecule has 0 aromatic rings. The maximum atomic E-state index is 13.0. The monoisotopic (exact) mass is 1600 g/mol. The third-order valence-corrected chi connectivity index (χ3v) is 20.7. The van der Waals surface area contributed by atoms with E-state index < -0.39 is 91.5 Å². The number of ether oxygens (including phenoxy) is 3. The number of aliphatic hydroxyl groups excluding tert-OH is 2. The molecule has 0 aliphatic rings. The molecule has 4 N–H and O–H groups in total. The highest BCUT2D eigenvalue weighted by atomic mass is 31.2. The van der Waals surface area contributed by atoms with Crippen LogP contribution in [-0.2, 0) is 55.8 Å². The van der Waals surface area contributed by atoms with Gasteiger partial charge in [0.15, 0.2) is 6.10 Å². The Kier molecular flexibility index (Phi) is 81.8. The molecule has 0 aliphatic carbocycles. The third-order valence-electron chi connectivity index (χ3n) is 18.8. The Hall–Kier alpha value is -4.31. The highest BCUT2D eigenvalue weighted by Crippen LogP contribution is 2.45. The smallest absolute Gasteiger partial charge is 0.463 e. The van der Waals surface area contributed by atoms with Crippen molar-refractivity contribution < 1.29 is 75.8 Å². The van der Waals surface area contributed by atoms with E-state index in [9.17, 15) is 43.5 Å². The molecule has 16 nitrogen and oxygen atoms in total. The summed E-state index contributed by atoms with van der Waals surface area (Å²) in [6, 6.07) is 0. The van der Waals surface area contributed by atoms with Gasteiger partial charge in [-0.1, -0.05) is 347 Å². The highest BCUT2D eigenvalue weighted by molar-refractivity contribution is 7.47. The molecule has 0 amide bonds. The summed E-state index contributed by atoms with van der Waals surface area (Å²) in [5.41, 5.74) is 0. The maximum absolute atomic E-state index is 13.0. The van der Waals surface area contributed by atoms with Gasteiger partial charge in [-0.2, -0.15) is 0 Å². The summed E-state index contributed by atoms with van der Waals surface area (Å²) in [6.45, 7) is 2.61. The van der Waals surface area contributed by atoms with Crippen LogP contribution >= 0.6 is 15.6 Å². The van der Waals surface area contributed by atoms with Gasteiger partial charge in [0, 0.05) is 19.3 Å². The highest BCUT2D eigenvalue weighted by Gasteiger charge is 2.29. The van der Waals surface area contributed by atoms with Gasteiger partial charge in [-0.05, 0) is 148 Å². The molecule has 0 bridgehead atoms. The third kappa shape index (κ3) is 86.4. The zero-order valence-electron chi connectivity index (χ0n) is 70.4. The van der Waals surface area contributed by atoms with E-state index in [-0.39, 0.29) is 19.3 Å². The molecular formula is C93H162O16P2. The van der Waals surface area contributed by atoms with Gasteiger partial charge in [0.1, 0.15) is 25.4 Å². The van der Waals surface area contributed by atoms with E-state index in [4.69, 9.17) is 32.3 Å². The molecule has 5 atom stereocenters. The number of phosphoric ester groups is 2. The van der Waals surface area contributed by atoms with Gasteiger partial charge in [0.25, 0.3) is 0 Å². The topological polar surface area (TPSA) is 231 Å². The standard InChI is InChI=1S/C93H162O16P2/c1-4-7-10-13-16-19-22-25-28-31-34-36-38-39-40-41-42-43-44-45-46-47-49-51-53-55-58-61-64-67-70-73-76-79-91(96)103-82-88(94)83-105-110(99,100)106-84-89(95)85-107-111(101,102)108-87-90(109-93(98)81-78-75-72-69-66-63-60-57-52-33-30-27-24-21-18-15-12-9-6-3)86-104-92(97)80-77-74-71-68-65-62-59-56-54-50-48-37-35-32-29-26-23-20-17-14-11-8-5-2/h16-21,25-30,34-37,39-40,50,52,54,57,88-90,94-95H,4-15,22-24,31-33,38,41-49,51,53,55-56,58-87H2,1-3H3,(H,99,100)(H,101,102)/b19-16-,20-17-,21-18-,28-25-,29-26-,30-27-,36-34-,37-35-,40-39-,54-50-,57-52-. The second-order valence-electron chi connectivity index (χ2n) is 29.7. The zero-order chi connectivity index (χ0) is 80.8. The molecule has 5 unspecified atom stereocenters. The van der Waals surface area contributed by atoms with Crippen LogP contribution in [0.25, 0.3) is 0 Å². The quantitative estimate of drug-likeness (QED) is 0.0146. The van der Waals surface area contributed by atoms with Crippen LogP contribution in [0.15, 0.2) is 134 Å². The van der Waals surface area contributed by atoms with Crippen LogP contribution in [0.2, 0.25) is 0 Å². The number of phosphoric acid groups is 2. The van der Waals surface area contributed by atoms with Gasteiger partial charge in [-0.15, -0.1) is 0 Å². The summed E-state index contributed by atoms with van der Waals surface area (Å²) < 4.78 is 61.4. The first-order chi connectivity index (χ1) is 54.2. The lowest BCUT2D eigenvalue weighted by Gasteiger charge is -2.21. The fourth-order valence-corrected chi connectivity index (χ4v) is 13.6. The van der Waals surface area contributed by atoms with Gasteiger partial charge >= 0.3 is 33.6 Å². The van der Waals surface area contributed by atoms with Crippen LogP contribution in [0.1, 0.15) is 380 Å². The first-order valence-corrected chi connectivity index (χ1v) is 47.5. The lowest BCUT2D eigenvalue weighted by atomic mass is 10.0. The van der Waals surface area contributed by atoms with Crippen LogP contribution < -0.4 is 0 Å². The van der Waals surface area contributed by atoms with Crippen LogP contribution in [-0.4, -0.2) is 95.9 Å². The minimum atomic E-state index is -4.94. The minimum Gasteiger partial charge on any atom is -0.463 e. The van der Waals surface area contributed by atoms with E-state index in [0.29, 0.717) is 19.3 Å². The van der Waals surface area contributed by atoms with Crippen molar-refractivity contribution >= 4 is 33.6 Å². The summed E-state index contributed by atoms with van der Waals surface area (Å²) in [5, 5.41) is 20.7. The van der Waals surface area contributed by atoms with Gasteiger partial charge in [0.05, 0.1) is 26.4 Å². The predicted octanol–water partition coefficient (Wildman–Crippen LogP) is 27.0. The normalized spacial score (nSPS) is 14.5. The van der Waals surface area contributed by atoms with Gasteiger partial charge in [-0.25, -0.2) is 9.13 Å². The molecule has 0 spiro atoms. The molecule has 0 saturated carbocycles. The van der Waals surface area contributed by atoms with E-state index >= 15 is 0 Å². The molecule has 0 aliphatic heterocycles.